The minimum Gasteiger partial charge on any atom is -0.389 e. The molecule has 1 atom stereocenters. The Bertz CT molecular complexity index is 670. The summed E-state index contributed by atoms with van der Waals surface area (Å²) >= 11 is 0. The minimum absolute atomic E-state index is 0.182. The van der Waals surface area contributed by atoms with Crippen molar-refractivity contribution in [3.05, 3.63) is 71.3 Å². The lowest BCUT2D eigenvalue weighted by atomic mass is 10.1. The van der Waals surface area contributed by atoms with E-state index in [9.17, 15) is 13.9 Å². The Balaban J connectivity index is 1.86. The van der Waals surface area contributed by atoms with Crippen molar-refractivity contribution < 1.29 is 23.4 Å². The van der Waals surface area contributed by atoms with Crippen LogP contribution in [0.5, 0.6) is 0 Å². The van der Waals surface area contributed by atoms with Crippen molar-refractivity contribution in [1.29, 1.82) is 0 Å². The summed E-state index contributed by atoms with van der Waals surface area (Å²) in [5.74, 6) is -1.18. The maximum Gasteiger partial charge on any atom is 0.130 e. The average Bonchev–Trinajstić information content (AvgIpc) is 2.65. The first-order valence-electron chi connectivity index (χ1n) is 9.03. The number of rotatable bonds is 12. The normalized spacial score (nSPS) is 12.5. The van der Waals surface area contributed by atoms with Crippen LogP contribution in [0.4, 0.5) is 8.78 Å². The number of methoxy groups -OCH3 is 1. The van der Waals surface area contributed by atoms with E-state index in [1.165, 1.54) is 12.1 Å². The summed E-state index contributed by atoms with van der Waals surface area (Å²) in [6, 6.07) is 13.3. The minimum atomic E-state index is -0.709. The van der Waals surface area contributed by atoms with E-state index in [4.69, 9.17) is 9.47 Å². The summed E-state index contributed by atoms with van der Waals surface area (Å²) in [5.41, 5.74) is 1.43. The van der Waals surface area contributed by atoms with Gasteiger partial charge in [0.1, 0.15) is 11.6 Å². The molecule has 0 fully saturated rings. The number of hydrogen-bond donors (Lipinski definition) is 1. The second kappa shape index (κ2) is 11.8. The maximum atomic E-state index is 13.9. The van der Waals surface area contributed by atoms with Gasteiger partial charge in [0.15, 0.2) is 0 Å². The largest absolute Gasteiger partial charge is 0.389 e. The third-order valence-electron chi connectivity index (χ3n) is 4.12. The lowest BCUT2D eigenvalue weighted by Crippen LogP contribution is -2.35. The predicted octanol–water partition coefficient (Wildman–Crippen LogP) is 3.38. The molecule has 0 aliphatic carbocycles. The van der Waals surface area contributed by atoms with Gasteiger partial charge < -0.3 is 14.6 Å². The van der Waals surface area contributed by atoms with Crippen molar-refractivity contribution in [2.24, 2.45) is 0 Å². The molecule has 148 valence electrons. The van der Waals surface area contributed by atoms with Crippen molar-refractivity contribution in [2.75, 3.05) is 33.4 Å². The molecule has 0 aromatic heterocycles. The quantitative estimate of drug-likeness (QED) is 0.574. The SMILES string of the molecule is COCCCN(Cc1ccc(F)cc1F)CC(O)COCc1ccccc1. The van der Waals surface area contributed by atoms with Crippen LogP contribution in [0.15, 0.2) is 48.5 Å². The molecule has 1 unspecified atom stereocenters. The predicted molar refractivity (Wildman–Crippen MR) is 100 cm³/mol. The van der Waals surface area contributed by atoms with Crippen LogP contribution < -0.4 is 0 Å². The molecule has 0 saturated heterocycles. The van der Waals surface area contributed by atoms with E-state index in [0.29, 0.717) is 31.9 Å². The molecular formula is C21H27F2NO3. The van der Waals surface area contributed by atoms with Crippen LogP contribution in [0, 0.1) is 11.6 Å². The van der Waals surface area contributed by atoms with E-state index in [1.54, 1.807) is 7.11 Å². The molecule has 0 heterocycles. The molecule has 0 spiro atoms. The van der Waals surface area contributed by atoms with Gasteiger partial charge >= 0.3 is 0 Å². The Labute approximate surface area is 159 Å². The monoisotopic (exact) mass is 379 g/mol. The number of nitrogens with zero attached hydrogens (tertiary/aromatic N) is 1. The lowest BCUT2D eigenvalue weighted by molar-refractivity contribution is 0.00723. The molecule has 27 heavy (non-hydrogen) atoms. The van der Waals surface area contributed by atoms with Gasteiger partial charge in [-0.15, -0.1) is 0 Å². The van der Waals surface area contributed by atoms with Crippen LogP contribution in [0.25, 0.3) is 0 Å². The molecule has 2 rings (SSSR count). The third-order valence-corrected chi connectivity index (χ3v) is 4.12. The summed E-state index contributed by atoms with van der Waals surface area (Å²) < 4.78 is 37.7. The van der Waals surface area contributed by atoms with Gasteiger partial charge in [-0.2, -0.15) is 0 Å². The zero-order valence-electron chi connectivity index (χ0n) is 15.6. The van der Waals surface area contributed by atoms with Crippen LogP contribution in [-0.2, 0) is 22.6 Å². The van der Waals surface area contributed by atoms with Crippen molar-refractivity contribution in [3.8, 4) is 0 Å². The summed E-state index contributed by atoms with van der Waals surface area (Å²) in [4.78, 5) is 1.92. The first-order chi connectivity index (χ1) is 13.1. The standard InChI is InChI=1S/C21H27F2NO3/c1-26-11-5-10-24(13-18-8-9-19(22)12-21(18)23)14-20(25)16-27-15-17-6-3-2-4-7-17/h2-4,6-9,12,20,25H,5,10-11,13-16H2,1H3. The number of ether oxygens (including phenoxy) is 2. The number of aliphatic hydroxyl groups excluding tert-OH is 1. The van der Waals surface area contributed by atoms with E-state index < -0.39 is 17.7 Å². The van der Waals surface area contributed by atoms with E-state index >= 15 is 0 Å². The smallest absolute Gasteiger partial charge is 0.130 e. The molecule has 2 aromatic rings. The van der Waals surface area contributed by atoms with E-state index in [2.05, 4.69) is 0 Å². The van der Waals surface area contributed by atoms with Crippen molar-refractivity contribution >= 4 is 0 Å². The Morgan fingerprint density at radius 1 is 1.11 bits per heavy atom. The van der Waals surface area contributed by atoms with E-state index in [0.717, 1.165) is 18.1 Å². The molecule has 0 saturated carbocycles. The molecular weight excluding hydrogens is 352 g/mol. The molecule has 0 aliphatic rings. The maximum absolute atomic E-state index is 13.9. The fourth-order valence-electron chi connectivity index (χ4n) is 2.80. The van der Waals surface area contributed by atoms with E-state index in [-0.39, 0.29) is 13.2 Å². The Hall–Kier alpha value is -1.86. The van der Waals surface area contributed by atoms with Gasteiger partial charge in [0.2, 0.25) is 0 Å². The van der Waals surface area contributed by atoms with Gasteiger partial charge in [-0.3, -0.25) is 4.90 Å². The van der Waals surface area contributed by atoms with Gasteiger partial charge in [-0.25, -0.2) is 8.78 Å². The second-order valence-corrected chi connectivity index (χ2v) is 6.47. The van der Waals surface area contributed by atoms with Crippen molar-refractivity contribution in [1.82, 2.24) is 4.90 Å². The van der Waals surface area contributed by atoms with Crippen molar-refractivity contribution in [3.63, 3.8) is 0 Å². The number of halogens is 2. The number of benzene rings is 2. The summed E-state index contributed by atoms with van der Waals surface area (Å²) in [6.45, 7) is 2.42. The first-order valence-corrected chi connectivity index (χ1v) is 9.03. The van der Waals surface area contributed by atoms with Gasteiger partial charge in [-0.1, -0.05) is 36.4 Å². The average molecular weight is 379 g/mol. The highest BCUT2D eigenvalue weighted by Gasteiger charge is 2.15. The van der Waals surface area contributed by atoms with Crippen LogP contribution in [0.2, 0.25) is 0 Å². The number of hydrogen-bond acceptors (Lipinski definition) is 4. The fraction of sp³-hybridized carbons (Fsp3) is 0.429. The highest BCUT2D eigenvalue weighted by molar-refractivity contribution is 5.18. The van der Waals surface area contributed by atoms with Gasteiger partial charge in [-0.05, 0) is 18.1 Å². The highest BCUT2D eigenvalue weighted by Crippen LogP contribution is 2.13. The highest BCUT2D eigenvalue weighted by atomic mass is 19.1. The fourth-order valence-corrected chi connectivity index (χ4v) is 2.80. The zero-order valence-corrected chi connectivity index (χ0v) is 15.6. The third kappa shape index (κ3) is 8.13. The topological polar surface area (TPSA) is 41.9 Å². The molecule has 0 radical (unpaired) electrons. The molecule has 0 aliphatic heterocycles. The summed E-state index contributed by atoms with van der Waals surface area (Å²) in [6.07, 6.45) is 0.0384. The molecule has 1 N–H and O–H groups in total. The zero-order chi connectivity index (χ0) is 19.5. The van der Waals surface area contributed by atoms with Gasteiger partial charge in [0, 0.05) is 45.0 Å². The Kier molecular flexibility index (Phi) is 9.35. The summed E-state index contributed by atoms with van der Waals surface area (Å²) in [5, 5.41) is 10.3. The summed E-state index contributed by atoms with van der Waals surface area (Å²) in [7, 11) is 1.62. The molecule has 4 nitrogen and oxygen atoms in total. The van der Waals surface area contributed by atoms with Crippen LogP contribution in [0.1, 0.15) is 17.5 Å². The van der Waals surface area contributed by atoms with Crippen molar-refractivity contribution in [2.45, 2.75) is 25.7 Å². The Morgan fingerprint density at radius 3 is 2.59 bits per heavy atom. The van der Waals surface area contributed by atoms with Gasteiger partial charge in [0.25, 0.3) is 0 Å². The number of aliphatic hydroxyl groups is 1. The van der Waals surface area contributed by atoms with Gasteiger partial charge in [0.05, 0.1) is 19.3 Å². The van der Waals surface area contributed by atoms with Crippen LogP contribution in [0.3, 0.4) is 0 Å². The molecule has 0 amide bonds. The van der Waals surface area contributed by atoms with E-state index in [1.807, 2.05) is 35.2 Å². The molecule has 0 bridgehead atoms. The van der Waals surface area contributed by atoms with Crippen LogP contribution in [-0.4, -0.2) is 49.5 Å². The first kappa shape index (κ1) is 21.4. The lowest BCUT2D eigenvalue weighted by Gasteiger charge is -2.25. The second-order valence-electron chi connectivity index (χ2n) is 6.47. The molecule has 6 heteroatoms. The molecule has 2 aromatic carbocycles. The Morgan fingerprint density at radius 2 is 1.89 bits per heavy atom. The van der Waals surface area contributed by atoms with Crippen LogP contribution >= 0.6 is 0 Å².